The van der Waals surface area contributed by atoms with Crippen LogP contribution in [0.3, 0.4) is 0 Å². The van der Waals surface area contributed by atoms with Gasteiger partial charge in [0.05, 0.1) is 13.1 Å². The Kier molecular flexibility index (Phi) is 2.67. The molecule has 0 unspecified atom stereocenters. The maximum atomic E-state index is 10.6. The average molecular weight is 173 g/mol. The molecule has 0 aromatic rings. The van der Waals surface area contributed by atoms with Gasteiger partial charge in [-0.2, -0.15) is 0 Å². The zero-order valence-corrected chi connectivity index (χ0v) is 6.42. The molecular formula is C5H9N4O3-. The molecule has 0 aromatic heterocycles. The molecule has 0 radical (unpaired) electrons. The third-order valence-electron chi connectivity index (χ3n) is 1.75. The van der Waals surface area contributed by atoms with Crippen molar-refractivity contribution < 1.29 is 9.76 Å². The normalized spacial score (nSPS) is 19.5. The van der Waals surface area contributed by atoms with E-state index < -0.39 is 0 Å². The molecule has 1 aliphatic rings. The minimum atomic E-state index is 0.0160. The molecule has 0 atom stereocenters. The van der Waals surface area contributed by atoms with Gasteiger partial charge in [0.1, 0.15) is 0 Å². The Bertz CT molecular complexity index is 187. The Balaban J connectivity index is 2.40. The number of carbonyl (C=O) groups excluding carboxylic acids is 1. The monoisotopic (exact) mass is 173 g/mol. The molecule has 1 fully saturated rings. The number of carbonyl (C=O) groups is 1. The van der Waals surface area contributed by atoms with Crippen LogP contribution in [0.15, 0.2) is 5.28 Å². The van der Waals surface area contributed by atoms with Gasteiger partial charge in [-0.3, -0.25) is 4.79 Å². The van der Waals surface area contributed by atoms with E-state index in [-0.39, 0.29) is 4.97 Å². The number of hydrazine groups is 1. The van der Waals surface area contributed by atoms with E-state index in [0.717, 1.165) is 6.41 Å². The molecule has 1 saturated heterocycles. The fourth-order valence-electron chi connectivity index (χ4n) is 1.04. The molecule has 0 N–H and O–H groups in total. The summed E-state index contributed by atoms with van der Waals surface area (Å²) in [5, 5.41) is 23.9. The molecule has 0 aromatic carbocycles. The van der Waals surface area contributed by atoms with Crippen LogP contribution in [-0.2, 0) is 4.79 Å². The number of nitrogens with zero attached hydrogens (tertiary/aromatic N) is 4. The van der Waals surface area contributed by atoms with Gasteiger partial charge in [0.2, 0.25) is 6.41 Å². The highest BCUT2D eigenvalue weighted by atomic mass is 16.6. The van der Waals surface area contributed by atoms with Gasteiger partial charge in [0.25, 0.3) is 0 Å². The maximum Gasteiger partial charge on any atom is 0.209 e. The first-order chi connectivity index (χ1) is 5.77. The van der Waals surface area contributed by atoms with Crippen LogP contribution >= 0.6 is 0 Å². The molecule has 0 bridgehead atoms. The van der Waals surface area contributed by atoms with Crippen LogP contribution in [0, 0.1) is 10.4 Å². The van der Waals surface area contributed by atoms with Crippen molar-refractivity contribution in [1.29, 1.82) is 0 Å². The maximum absolute atomic E-state index is 10.6. The van der Waals surface area contributed by atoms with Crippen LogP contribution in [0.25, 0.3) is 0 Å². The van der Waals surface area contributed by atoms with Crippen LogP contribution in [0.2, 0.25) is 0 Å². The first kappa shape index (κ1) is 8.57. The van der Waals surface area contributed by atoms with Gasteiger partial charge in [0, 0.05) is 18.1 Å². The molecule has 1 heterocycles. The number of amides is 1. The molecule has 0 aliphatic carbocycles. The van der Waals surface area contributed by atoms with Crippen molar-refractivity contribution in [3.05, 3.63) is 10.4 Å². The van der Waals surface area contributed by atoms with E-state index in [9.17, 15) is 15.2 Å². The zero-order valence-electron chi connectivity index (χ0n) is 6.42. The average Bonchev–Trinajstić information content (AvgIpc) is 2.17. The summed E-state index contributed by atoms with van der Waals surface area (Å²) in [7, 11) is 0. The summed E-state index contributed by atoms with van der Waals surface area (Å²) >= 11 is 0. The smallest absolute Gasteiger partial charge is 0.209 e. The second-order valence-corrected chi connectivity index (χ2v) is 2.43. The summed E-state index contributed by atoms with van der Waals surface area (Å²) in [6, 6.07) is 0. The van der Waals surface area contributed by atoms with Gasteiger partial charge in [-0.15, -0.1) is 5.01 Å². The first-order valence-corrected chi connectivity index (χ1v) is 3.52. The Morgan fingerprint density at radius 1 is 1.33 bits per heavy atom. The Morgan fingerprint density at radius 3 is 2.33 bits per heavy atom. The number of rotatable bonds is 2. The Hall–Kier alpha value is -1.53. The Labute approximate surface area is 69.0 Å². The van der Waals surface area contributed by atoms with E-state index in [0.29, 0.717) is 26.2 Å². The van der Waals surface area contributed by atoms with Gasteiger partial charge >= 0.3 is 0 Å². The van der Waals surface area contributed by atoms with Crippen LogP contribution in [-0.4, -0.2) is 47.5 Å². The molecule has 12 heavy (non-hydrogen) atoms. The van der Waals surface area contributed by atoms with Crippen LogP contribution < -0.4 is 0 Å². The summed E-state index contributed by atoms with van der Waals surface area (Å²) in [4.78, 5) is 11.8. The van der Waals surface area contributed by atoms with Gasteiger partial charge in [0.15, 0.2) is 0 Å². The van der Waals surface area contributed by atoms with E-state index in [4.69, 9.17) is 0 Å². The second kappa shape index (κ2) is 3.74. The van der Waals surface area contributed by atoms with E-state index in [1.54, 1.807) is 0 Å². The molecule has 1 rings (SSSR count). The lowest BCUT2D eigenvalue weighted by Gasteiger charge is -2.29. The minimum absolute atomic E-state index is 0.0160. The lowest BCUT2D eigenvalue weighted by molar-refractivity contribution is -0.692. The number of piperazine rings is 1. The topological polar surface area (TPSA) is 85.0 Å². The molecule has 7 heteroatoms. The summed E-state index contributed by atoms with van der Waals surface area (Å²) in [5.74, 6) is 0. The van der Waals surface area contributed by atoms with Gasteiger partial charge in [-0.25, -0.2) is 0 Å². The highest BCUT2D eigenvalue weighted by molar-refractivity contribution is 5.47. The second-order valence-electron chi connectivity index (χ2n) is 2.43. The largest absolute Gasteiger partial charge is 0.737 e. The third-order valence-corrected chi connectivity index (χ3v) is 1.75. The van der Waals surface area contributed by atoms with Crippen molar-refractivity contribution >= 4 is 6.41 Å². The molecule has 0 saturated carbocycles. The van der Waals surface area contributed by atoms with E-state index in [2.05, 4.69) is 5.28 Å². The van der Waals surface area contributed by atoms with Crippen molar-refractivity contribution in [3.8, 4) is 0 Å². The molecule has 7 nitrogen and oxygen atoms in total. The summed E-state index contributed by atoms with van der Waals surface area (Å²) in [6.07, 6.45) is 0.723. The highest BCUT2D eigenvalue weighted by Gasteiger charge is 2.19. The van der Waals surface area contributed by atoms with E-state index in [1.165, 1.54) is 9.91 Å². The molecular weight excluding hydrogens is 164 g/mol. The fraction of sp³-hybridized carbons (Fsp3) is 0.800. The van der Waals surface area contributed by atoms with Crippen LogP contribution in [0.1, 0.15) is 0 Å². The van der Waals surface area contributed by atoms with Crippen LogP contribution in [0.4, 0.5) is 0 Å². The van der Waals surface area contributed by atoms with E-state index >= 15 is 0 Å². The summed E-state index contributed by atoms with van der Waals surface area (Å²) in [5.41, 5.74) is 0. The number of hydrogen-bond acceptors (Lipinski definition) is 4. The molecule has 0 spiro atoms. The lowest BCUT2D eigenvalue weighted by Crippen LogP contribution is -2.48. The Morgan fingerprint density at radius 2 is 1.92 bits per heavy atom. The quantitative estimate of drug-likeness (QED) is 0.235. The van der Waals surface area contributed by atoms with Crippen molar-refractivity contribution in [2.24, 2.45) is 5.28 Å². The molecule has 1 aliphatic heterocycles. The summed E-state index contributed by atoms with van der Waals surface area (Å²) in [6.45, 7) is 1.62. The van der Waals surface area contributed by atoms with Gasteiger partial charge in [-0.1, -0.05) is 0 Å². The molecule has 1 amide bonds. The van der Waals surface area contributed by atoms with Crippen molar-refractivity contribution in [2.45, 2.75) is 0 Å². The molecule has 68 valence electrons. The standard InChI is InChI=1S/C5H10N4O3/c10-5-7-1-3-8(4-2-7)9(12)6-11/h5,11H,1-4H2/p-1/b9-6+. The summed E-state index contributed by atoms with van der Waals surface area (Å²) < 4.78 is 0. The van der Waals surface area contributed by atoms with Crippen molar-refractivity contribution in [3.63, 3.8) is 0 Å². The van der Waals surface area contributed by atoms with Crippen molar-refractivity contribution in [1.82, 2.24) is 9.91 Å². The van der Waals surface area contributed by atoms with E-state index in [1.807, 2.05) is 0 Å². The van der Waals surface area contributed by atoms with Crippen molar-refractivity contribution in [2.75, 3.05) is 26.2 Å². The predicted molar refractivity (Wildman–Crippen MR) is 38.6 cm³/mol. The van der Waals surface area contributed by atoms with Gasteiger partial charge in [-0.05, 0) is 5.28 Å². The predicted octanol–water partition coefficient (Wildman–Crippen LogP) is -0.864. The van der Waals surface area contributed by atoms with Gasteiger partial charge < -0.3 is 15.3 Å². The minimum Gasteiger partial charge on any atom is -0.737 e. The zero-order chi connectivity index (χ0) is 8.97. The first-order valence-electron chi connectivity index (χ1n) is 3.52. The lowest BCUT2D eigenvalue weighted by atomic mass is 10.4. The fourth-order valence-corrected chi connectivity index (χ4v) is 1.04. The third kappa shape index (κ3) is 1.74. The number of hydrogen-bond donors (Lipinski definition) is 0. The van der Waals surface area contributed by atoms with Crippen LogP contribution in [0.5, 0.6) is 0 Å². The highest BCUT2D eigenvalue weighted by Crippen LogP contribution is 1.99. The SMILES string of the molecule is O=CN1CCN(/[N+]([O-])=N\[O-])CC1.